The van der Waals surface area contributed by atoms with E-state index in [0.29, 0.717) is 11.5 Å². The van der Waals surface area contributed by atoms with Gasteiger partial charge in [-0.05, 0) is 29.3 Å². The minimum absolute atomic E-state index is 0.133. The number of hydrogen-bond donors (Lipinski definition) is 0. The third-order valence-electron chi connectivity index (χ3n) is 7.81. The Morgan fingerprint density at radius 2 is 1.41 bits per heavy atom. The summed E-state index contributed by atoms with van der Waals surface area (Å²) in [5.74, 6) is 0.655. The fourth-order valence-corrected chi connectivity index (χ4v) is 6.18. The summed E-state index contributed by atoms with van der Waals surface area (Å²) >= 11 is 0. The summed E-state index contributed by atoms with van der Waals surface area (Å²) in [6.07, 6.45) is 0. The van der Waals surface area contributed by atoms with E-state index in [4.69, 9.17) is 14.4 Å². The van der Waals surface area contributed by atoms with Crippen molar-refractivity contribution in [1.29, 1.82) is 0 Å². The molecule has 1 aliphatic carbocycles. The third-order valence-corrected chi connectivity index (χ3v) is 7.81. The van der Waals surface area contributed by atoms with Gasteiger partial charge in [-0.2, -0.15) is 0 Å². The van der Waals surface area contributed by atoms with Crippen LogP contribution in [0.1, 0.15) is 25.0 Å². The highest BCUT2D eigenvalue weighted by molar-refractivity contribution is 6.07. The summed E-state index contributed by atoms with van der Waals surface area (Å²) in [6, 6.07) is 35.7. The van der Waals surface area contributed by atoms with Gasteiger partial charge in [-0.1, -0.05) is 98.8 Å². The molecule has 0 fully saturated rings. The molecule has 0 amide bonds. The molecule has 7 aromatic rings. The molecular formula is C33H23N3O. The van der Waals surface area contributed by atoms with Crippen molar-refractivity contribution in [3.05, 3.63) is 114 Å². The Balaban J connectivity index is 1.55. The molecule has 37 heavy (non-hydrogen) atoms. The molecule has 0 saturated heterocycles. The molecule has 0 aliphatic heterocycles. The van der Waals surface area contributed by atoms with Crippen molar-refractivity contribution in [2.45, 2.75) is 19.3 Å². The molecule has 0 N–H and O–H groups in total. The fourth-order valence-electron chi connectivity index (χ4n) is 6.18. The van der Waals surface area contributed by atoms with Gasteiger partial charge in [-0.25, -0.2) is 9.97 Å². The van der Waals surface area contributed by atoms with E-state index in [1.165, 1.54) is 27.8 Å². The molecular weight excluding hydrogens is 454 g/mol. The van der Waals surface area contributed by atoms with Crippen molar-refractivity contribution >= 4 is 33.0 Å². The zero-order chi connectivity index (χ0) is 24.7. The van der Waals surface area contributed by atoms with Crippen molar-refractivity contribution in [3.63, 3.8) is 0 Å². The highest BCUT2D eigenvalue weighted by Gasteiger charge is 2.40. The first-order valence-electron chi connectivity index (χ1n) is 12.6. The van der Waals surface area contributed by atoms with E-state index in [1.54, 1.807) is 0 Å². The average Bonchev–Trinajstić information content (AvgIpc) is 3.56. The van der Waals surface area contributed by atoms with Gasteiger partial charge in [-0.15, -0.1) is 0 Å². The zero-order valence-electron chi connectivity index (χ0n) is 20.6. The largest absolute Gasteiger partial charge is 0.452 e. The van der Waals surface area contributed by atoms with Gasteiger partial charge >= 0.3 is 0 Å². The van der Waals surface area contributed by atoms with Crippen LogP contribution in [0.15, 0.2) is 108 Å². The van der Waals surface area contributed by atoms with Gasteiger partial charge in [0.25, 0.3) is 0 Å². The summed E-state index contributed by atoms with van der Waals surface area (Å²) in [7, 11) is 0. The first kappa shape index (κ1) is 20.5. The summed E-state index contributed by atoms with van der Waals surface area (Å²) in [6.45, 7) is 4.63. The molecule has 3 aromatic heterocycles. The van der Waals surface area contributed by atoms with Crippen LogP contribution in [0.3, 0.4) is 0 Å². The standard InChI is InChI=1S/C33H23N3O/c1-33(2)24-17-9-6-14-21(24)30-27(33)22-15-7-10-18-25(22)36(30)32-34-28(20-12-4-3-5-13-20)31-29(35-32)23-16-8-11-19-26(23)37-31/h3-19H,1-2H3. The summed E-state index contributed by atoms with van der Waals surface area (Å²) in [5.41, 5.74) is 10.2. The second kappa shape index (κ2) is 7.17. The number of hydrogen-bond acceptors (Lipinski definition) is 3. The highest BCUT2D eigenvalue weighted by atomic mass is 16.3. The Labute approximate surface area is 213 Å². The molecule has 0 spiro atoms. The zero-order valence-corrected chi connectivity index (χ0v) is 20.6. The maximum absolute atomic E-state index is 6.35. The lowest BCUT2D eigenvalue weighted by atomic mass is 9.81. The van der Waals surface area contributed by atoms with Crippen LogP contribution in [0.2, 0.25) is 0 Å². The summed E-state index contributed by atoms with van der Waals surface area (Å²) in [4.78, 5) is 10.4. The van der Waals surface area contributed by atoms with E-state index in [-0.39, 0.29) is 5.41 Å². The highest BCUT2D eigenvalue weighted by Crippen LogP contribution is 2.53. The van der Waals surface area contributed by atoms with Crippen LogP contribution in [-0.4, -0.2) is 14.5 Å². The molecule has 0 saturated carbocycles. The van der Waals surface area contributed by atoms with Crippen molar-refractivity contribution in [1.82, 2.24) is 14.5 Å². The van der Waals surface area contributed by atoms with Gasteiger partial charge in [0.05, 0.1) is 11.2 Å². The fraction of sp³-hybridized carbons (Fsp3) is 0.0909. The molecule has 176 valence electrons. The van der Waals surface area contributed by atoms with Crippen molar-refractivity contribution in [2.75, 3.05) is 0 Å². The van der Waals surface area contributed by atoms with Gasteiger partial charge in [0, 0.05) is 27.3 Å². The van der Waals surface area contributed by atoms with Gasteiger partial charge < -0.3 is 4.42 Å². The molecule has 0 unspecified atom stereocenters. The lowest BCUT2D eigenvalue weighted by molar-refractivity contribution is 0.665. The normalized spacial score (nSPS) is 13.9. The van der Waals surface area contributed by atoms with Crippen molar-refractivity contribution in [2.24, 2.45) is 0 Å². The van der Waals surface area contributed by atoms with Crippen LogP contribution in [0.4, 0.5) is 0 Å². The maximum atomic E-state index is 6.35. The van der Waals surface area contributed by atoms with Crippen LogP contribution in [0, 0.1) is 0 Å². The van der Waals surface area contributed by atoms with Gasteiger partial charge in [0.15, 0.2) is 5.58 Å². The molecule has 0 atom stereocenters. The SMILES string of the molecule is CC1(C)c2ccccc2-c2c1c1ccccc1n2-c1nc(-c2ccccc2)c2oc3ccccc3c2n1. The number of nitrogens with zero attached hydrogens (tertiary/aromatic N) is 3. The predicted molar refractivity (Wildman–Crippen MR) is 149 cm³/mol. The molecule has 8 rings (SSSR count). The maximum Gasteiger partial charge on any atom is 0.236 e. The Kier molecular flexibility index (Phi) is 3.97. The lowest BCUT2D eigenvalue weighted by Crippen LogP contribution is -2.14. The second-order valence-corrected chi connectivity index (χ2v) is 10.3. The summed E-state index contributed by atoms with van der Waals surface area (Å²) in [5, 5.41) is 2.23. The molecule has 0 radical (unpaired) electrons. The van der Waals surface area contributed by atoms with Crippen LogP contribution in [-0.2, 0) is 5.41 Å². The summed E-state index contributed by atoms with van der Waals surface area (Å²) < 4.78 is 8.60. The van der Waals surface area contributed by atoms with E-state index >= 15 is 0 Å². The van der Waals surface area contributed by atoms with Crippen molar-refractivity contribution < 1.29 is 4.42 Å². The number of rotatable bonds is 2. The third kappa shape index (κ3) is 2.67. The van der Waals surface area contributed by atoms with Gasteiger partial charge in [0.2, 0.25) is 5.95 Å². The quantitative estimate of drug-likeness (QED) is 0.252. The van der Waals surface area contributed by atoms with E-state index < -0.39 is 0 Å². The minimum atomic E-state index is -0.133. The number of aromatic nitrogens is 3. The molecule has 4 nitrogen and oxygen atoms in total. The number of benzene rings is 4. The monoisotopic (exact) mass is 477 g/mol. The predicted octanol–water partition coefficient (Wildman–Crippen LogP) is 8.29. The van der Waals surface area contributed by atoms with Crippen LogP contribution in [0.25, 0.3) is 61.4 Å². The molecule has 3 heterocycles. The molecule has 4 aromatic carbocycles. The minimum Gasteiger partial charge on any atom is -0.452 e. The molecule has 1 aliphatic rings. The van der Waals surface area contributed by atoms with Crippen molar-refractivity contribution in [3.8, 4) is 28.5 Å². The Morgan fingerprint density at radius 1 is 0.703 bits per heavy atom. The molecule has 4 heteroatoms. The Morgan fingerprint density at radius 3 is 2.27 bits per heavy atom. The number of furan rings is 1. The number of para-hydroxylation sites is 2. The van der Waals surface area contributed by atoms with E-state index in [1.807, 2.05) is 36.4 Å². The topological polar surface area (TPSA) is 43.9 Å². The molecule has 0 bridgehead atoms. The second-order valence-electron chi connectivity index (χ2n) is 10.3. The Hall–Kier alpha value is -4.70. The van der Waals surface area contributed by atoms with Gasteiger partial charge in [0.1, 0.15) is 16.8 Å². The Bertz CT molecular complexity index is 2010. The van der Waals surface area contributed by atoms with E-state index in [2.05, 4.69) is 85.1 Å². The number of fused-ring (bicyclic) bond motifs is 8. The van der Waals surface area contributed by atoms with Crippen LogP contribution in [0.5, 0.6) is 0 Å². The first-order valence-corrected chi connectivity index (χ1v) is 12.6. The van der Waals surface area contributed by atoms with E-state index in [0.717, 1.165) is 33.3 Å². The average molecular weight is 478 g/mol. The van der Waals surface area contributed by atoms with Gasteiger partial charge in [-0.3, -0.25) is 4.57 Å². The van der Waals surface area contributed by atoms with Crippen LogP contribution >= 0.6 is 0 Å². The van der Waals surface area contributed by atoms with Crippen LogP contribution < -0.4 is 0 Å². The lowest BCUT2D eigenvalue weighted by Gasteiger charge is -2.21. The smallest absolute Gasteiger partial charge is 0.236 e. The van der Waals surface area contributed by atoms with E-state index in [9.17, 15) is 0 Å². The first-order chi connectivity index (χ1) is 18.1.